The first-order valence-electron chi connectivity index (χ1n) is 9.14. The number of hydrogen-bond donors (Lipinski definition) is 2. The SMILES string of the molecule is O=C1NC2(CCN(Cc3ccc(C(F)(F)F)cc3)CC2)Nc2ccc(Cl)c(Cl)c21. The van der Waals surface area contributed by atoms with Gasteiger partial charge in [-0.25, -0.2) is 0 Å². The fourth-order valence-corrected chi connectivity index (χ4v) is 4.25. The minimum Gasteiger partial charge on any atom is -0.362 e. The predicted octanol–water partition coefficient (Wildman–Crippen LogP) is 5.16. The Labute approximate surface area is 176 Å². The maximum atomic E-state index is 12.7. The summed E-state index contributed by atoms with van der Waals surface area (Å²) in [5.41, 5.74) is 0.598. The largest absolute Gasteiger partial charge is 0.416 e. The van der Waals surface area contributed by atoms with Gasteiger partial charge in [-0.1, -0.05) is 35.3 Å². The third-order valence-corrected chi connectivity index (χ3v) is 6.25. The van der Waals surface area contributed by atoms with Crippen LogP contribution in [0.2, 0.25) is 10.0 Å². The molecular weight excluding hydrogens is 426 g/mol. The lowest BCUT2D eigenvalue weighted by molar-refractivity contribution is -0.137. The summed E-state index contributed by atoms with van der Waals surface area (Å²) < 4.78 is 38.1. The van der Waals surface area contributed by atoms with Gasteiger partial charge in [-0.3, -0.25) is 9.69 Å². The average molecular weight is 444 g/mol. The topological polar surface area (TPSA) is 44.4 Å². The summed E-state index contributed by atoms with van der Waals surface area (Å²) >= 11 is 12.2. The quantitative estimate of drug-likeness (QED) is 0.673. The zero-order valence-corrected chi connectivity index (χ0v) is 16.8. The van der Waals surface area contributed by atoms with Crippen LogP contribution < -0.4 is 10.6 Å². The van der Waals surface area contributed by atoms with Crippen LogP contribution in [0.1, 0.15) is 34.3 Å². The Bertz CT molecular complexity index is 939. The van der Waals surface area contributed by atoms with Gasteiger partial charge >= 0.3 is 6.18 Å². The van der Waals surface area contributed by atoms with E-state index in [2.05, 4.69) is 15.5 Å². The van der Waals surface area contributed by atoms with Crippen LogP contribution >= 0.6 is 23.2 Å². The number of rotatable bonds is 2. The van der Waals surface area contributed by atoms with Crippen molar-refractivity contribution in [2.75, 3.05) is 18.4 Å². The van der Waals surface area contributed by atoms with Crippen LogP contribution in [0.25, 0.3) is 0 Å². The number of nitrogens with zero attached hydrogens (tertiary/aromatic N) is 1. The minimum absolute atomic E-state index is 0.226. The number of piperidine rings is 1. The van der Waals surface area contributed by atoms with E-state index in [1.165, 1.54) is 12.1 Å². The lowest BCUT2D eigenvalue weighted by Crippen LogP contribution is -2.62. The first-order valence-corrected chi connectivity index (χ1v) is 9.90. The van der Waals surface area contributed by atoms with Crippen molar-refractivity contribution < 1.29 is 18.0 Å². The van der Waals surface area contributed by atoms with Crippen LogP contribution in [0, 0.1) is 0 Å². The van der Waals surface area contributed by atoms with E-state index in [4.69, 9.17) is 23.2 Å². The highest BCUT2D eigenvalue weighted by Crippen LogP contribution is 2.38. The van der Waals surface area contributed by atoms with Crippen molar-refractivity contribution in [3.05, 3.63) is 63.1 Å². The maximum Gasteiger partial charge on any atom is 0.416 e. The monoisotopic (exact) mass is 443 g/mol. The molecule has 1 amide bonds. The molecule has 2 aromatic carbocycles. The smallest absolute Gasteiger partial charge is 0.362 e. The van der Waals surface area contributed by atoms with Crippen LogP contribution in [0.15, 0.2) is 36.4 Å². The van der Waals surface area contributed by atoms with Gasteiger partial charge in [0, 0.05) is 32.5 Å². The number of likely N-dealkylation sites (tertiary alicyclic amines) is 1. The second-order valence-corrected chi connectivity index (χ2v) is 8.20. The van der Waals surface area contributed by atoms with Crippen molar-refractivity contribution in [3.8, 4) is 0 Å². The van der Waals surface area contributed by atoms with E-state index >= 15 is 0 Å². The van der Waals surface area contributed by atoms with Gasteiger partial charge in [0.1, 0.15) is 5.66 Å². The summed E-state index contributed by atoms with van der Waals surface area (Å²) in [7, 11) is 0. The second-order valence-electron chi connectivity index (χ2n) is 7.42. The number of alkyl halides is 3. The molecule has 0 aliphatic carbocycles. The van der Waals surface area contributed by atoms with Gasteiger partial charge < -0.3 is 10.6 Å². The number of halogens is 5. The summed E-state index contributed by atoms with van der Waals surface area (Å²) in [4.78, 5) is 14.8. The number of benzene rings is 2. The van der Waals surface area contributed by atoms with Crippen molar-refractivity contribution in [1.29, 1.82) is 0 Å². The number of anilines is 1. The summed E-state index contributed by atoms with van der Waals surface area (Å²) in [5, 5.41) is 6.96. The maximum absolute atomic E-state index is 12.7. The molecule has 0 bridgehead atoms. The molecule has 4 rings (SSSR count). The molecule has 2 heterocycles. The number of fused-ring (bicyclic) bond motifs is 1. The number of carbonyl (C=O) groups excluding carboxylic acids is 1. The first kappa shape index (κ1) is 20.3. The van der Waals surface area contributed by atoms with E-state index < -0.39 is 17.4 Å². The molecule has 1 saturated heterocycles. The highest BCUT2D eigenvalue weighted by atomic mass is 35.5. The van der Waals surface area contributed by atoms with E-state index in [0.717, 1.165) is 17.7 Å². The number of amides is 1. The van der Waals surface area contributed by atoms with Crippen LogP contribution in [0.4, 0.5) is 18.9 Å². The molecule has 2 aromatic rings. The van der Waals surface area contributed by atoms with E-state index in [9.17, 15) is 18.0 Å². The fraction of sp³-hybridized carbons (Fsp3) is 0.350. The molecule has 0 radical (unpaired) electrons. The van der Waals surface area contributed by atoms with Gasteiger partial charge in [-0.05, 0) is 29.8 Å². The van der Waals surface area contributed by atoms with Crippen LogP contribution in [0.3, 0.4) is 0 Å². The number of carbonyl (C=O) groups is 1. The van der Waals surface area contributed by atoms with E-state index in [1.54, 1.807) is 12.1 Å². The molecule has 0 aromatic heterocycles. The van der Waals surface area contributed by atoms with Crippen molar-refractivity contribution >= 4 is 34.8 Å². The van der Waals surface area contributed by atoms with Gasteiger partial charge in [-0.2, -0.15) is 13.2 Å². The summed E-state index contributed by atoms with van der Waals surface area (Å²) in [5.74, 6) is -0.262. The average Bonchev–Trinajstić information content (AvgIpc) is 2.66. The van der Waals surface area contributed by atoms with Crippen molar-refractivity contribution in [1.82, 2.24) is 10.2 Å². The molecule has 9 heteroatoms. The molecule has 0 atom stereocenters. The Morgan fingerprint density at radius 3 is 2.28 bits per heavy atom. The standard InChI is InChI=1S/C20H18Cl2F3N3O/c21-14-5-6-15-16(17(14)22)18(29)27-19(26-15)7-9-28(10-8-19)11-12-1-3-13(4-2-12)20(23,24)25/h1-6,26H,7-11H2,(H,27,29). The normalized spacial score (nSPS) is 18.9. The third-order valence-electron chi connectivity index (χ3n) is 5.45. The summed E-state index contributed by atoms with van der Waals surface area (Å²) in [6, 6.07) is 8.64. The molecule has 4 nitrogen and oxygen atoms in total. The Hall–Kier alpha value is -1.96. The van der Waals surface area contributed by atoms with E-state index in [0.29, 0.717) is 48.7 Å². The van der Waals surface area contributed by atoms with E-state index in [-0.39, 0.29) is 10.9 Å². The van der Waals surface area contributed by atoms with Gasteiger partial charge in [0.2, 0.25) is 0 Å². The highest BCUT2D eigenvalue weighted by Gasteiger charge is 2.41. The molecule has 0 unspecified atom stereocenters. The van der Waals surface area contributed by atoms with Crippen molar-refractivity contribution in [3.63, 3.8) is 0 Å². The Kier molecular flexibility index (Phi) is 5.17. The van der Waals surface area contributed by atoms with Gasteiger partial charge in [0.15, 0.2) is 0 Å². The lowest BCUT2D eigenvalue weighted by atomic mass is 9.92. The molecule has 2 aliphatic rings. The summed E-state index contributed by atoms with van der Waals surface area (Å²) in [6.07, 6.45) is -3.03. The lowest BCUT2D eigenvalue weighted by Gasteiger charge is -2.46. The van der Waals surface area contributed by atoms with Gasteiger partial charge in [0.25, 0.3) is 5.91 Å². The Balaban J connectivity index is 1.42. The molecular formula is C20H18Cl2F3N3O. The minimum atomic E-state index is -4.33. The molecule has 29 heavy (non-hydrogen) atoms. The molecule has 2 aliphatic heterocycles. The Morgan fingerprint density at radius 1 is 1.00 bits per heavy atom. The Morgan fingerprint density at radius 2 is 1.66 bits per heavy atom. The van der Waals surface area contributed by atoms with Crippen LogP contribution in [-0.2, 0) is 12.7 Å². The summed E-state index contributed by atoms with van der Waals surface area (Å²) in [6.45, 7) is 1.93. The van der Waals surface area contributed by atoms with Gasteiger partial charge in [0.05, 0.1) is 26.9 Å². The van der Waals surface area contributed by atoms with Crippen LogP contribution in [0.5, 0.6) is 0 Å². The van der Waals surface area contributed by atoms with Gasteiger partial charge in [-0.15, -0.1) is 0 Å². The fourth-order valence-electron chi connectivity index (χ4n) is 3.85. The zero-order chi connectivity index (χ0) is 20.8. The highest BCUT2D eigenvalue weighted by molar-refractivity contribution is 6.44. The molecule has 2 N–H and O–H groups in total. The number of hydrogen-bond acceptors (Lipinski definition) is 3. The number of nitrogens with one attached hydrogen (secondary N) is 2. The molecule has 1 fully saturated rings. The molecule has 1 spiro atoms. The van der Waals surface area contributed by atoms with Crippen molar-refractivity contribution in [2.24, 2.45) is 0 Å². The zero-order valence-electron chi connectivity index (χ0n) is 15.2. The van der Waals surface area contributed by atoms with Crippen LogP contribution in [-0.4, -0.2) is 29.6 Å². The molecule has 154 valence electrons. The first-order chi connectivity index (χ1) is 13.7. The predicted molar refractivity (Wildman–Crippen MR) is 106 cm³/mol. The third kappa shape index (κ3) is 4.04. The van der Waals surface area contributed by atoms with E-state index in [1.807, 2.05) is 0 Å². The van der Waals surface area contributed by atoms with Crippen molar-refractivity contribution in [2.45, 2.75) is 31.2 Å². The molecule has 0 saturated carbocycles. The second kappa shape index (κ2) is 7.38.